The lowest BCUT2D eigenvalue weighted by Crippen LogP contribution is -2.20. The lowest BCUT2D eigenvalue weighted by atomic mass is 10.1. The smallest absolute Gasteiger partial charge is 0.349 e. The van der Waals surface area contributed by atoms with Gasteiger partial charge in [0.1, 0.15) is 11.1 Å². The number of benzene rings is 2. The van der Waals surface area contributed by atoms with Gasteiger partial charge in [0, 0.05) is 11.1 Å². The number of hydrogen-bond donors (Lipinski definition) is 1. The summed E-state index contributed by atoms with van der Waals surface area (Å²) in [5.74, 6) is -0.471. The molecule has 4 heteroatoms. The molecule has 2 aromatic carbocycles. The van der Waals surface area contributed by atoms with Crippen molar-refractivity contribution >= 4 is 22.6 Å². The van der Waals surface area contributed by atoms with Gasteiger partial charge in [-0.15, -0.1) is 0 Å². The summed E-state index contributed by atoms with van der Waals surface area (Å²) < 4.78 is 5.29. The van der Waals surface area contributed by atoms with Crippen LogP contribution < -0.4 is 10.9 Å². The molecular weight excluding hydrogens is 278 g/mol. The van der Waals surface area contributed by atoms with E-state index in [0.29, 0.717) is 11.3 Å². The first-order chi connectivity index (χ1) is 10.5. The van der Waals surface area contributed by atoms with Crippen molar-refractivity contribution in [2.24, 2.45) is 0 Å². The van der Waals surface area contributed by atoms with Crippen LogP contribution in [0.1, 0.15) is 21.5 Å². The first-order valence-electron chi connectivity index (χ1n) is 6.96. The lowest BCUT2D eigenvalue weighted by molar-refractivity contribution is 0.102. The number of carbonyl (C=O) groups excluding carboxylic acids is 1. The Morgan fingerprint density at radius 1 is 1.05 bits per heavy atom. The molecule has 1 amide bonds. The summed E-state index contributed by atoms with van der Waals surface area (Å²) in [6.07, 6.45) is 0. The van der Waals surface area contributed by atoms with Crippen LogP contribution in [0.25, 0.3) is 11.0 Å². The van der Waals surface area contributed by atoms with E-state index in [9.17, 15) is 9.59 Å². The van der Waals surface area contributed by atoms with Crippen LogP contribution in [0.15, 0.2) is 57.7 Å². The van der Waals surface area contributed by atoms with Gasteiger partial charge in [0.15, 0.2) is 0 Å². The van der Waals surface area contributed by atoms with Crippen molar-refractivity contribution in [3.05, 3.63) is 75.6 Å². The van der Waals surface area contributed by atoms with E-state index in [1.54, 1.807) is 18.2 Å². The summed E-state index contributed by atoms with van der Waals surface area (Å²) in [5.41, 5.74) is 2.47. The average Bonchev–Trinajstić information content (AvgIpc) is 2.50. The summed E-state index contributed by atoms with van der Waals surface area (Å²) in [7, 11) is 0. The van der Waals surface area contributed by atoms with Crippen LogP contribution in [0.3, 0.4) is 0 Å². The fourth-order valence-corrected chi connectivity index (χ4v) is 2.28. The molecule has 0 aliphatic heterocycles. The maximum Gasteiger partial charge on any atom is 0.349 e. The normalized spacial score (nSPS) is 10.6. The van der Waals surface area contributed by atoms with Crippen LogP contribution in [0.4, 0.5) is 5.69 Å². The molecular formula is C18H15NO3. The van der Waals surface area contributed by atoms with E-state index in [4.69, 9.17) is 4.42 Å². The van der Waals surface area contributed by atoms with Crippen LogP contribution in [0.5, 0.6) is 0 Å². The van der Waals surface area contributed by atoms with Crippen molar-refractivity contribution in [3.63, 3.8) is 0 Å². The van der Waals surface area contributed by atoms with E-state index in [2.05, 4.69) is 5.32 Å². The molecule has 1 N–H and O–H groups in total. The van der Waals surface area contributed by atoms with Gasteiger partial charge in [-0.05, 0) is 37.6 Å². The molecule has 0 fully saturated rings. The Labute approximate surface area is 127 Å². The largest absolute Gasteiger partial charge is 0.422 e. The van der Waals surface area contributed by atoms with Gasteiger partial charge in [-0.1, -0.05) is 35.9 Å². The van der Waals surface area contributed by atoms with Gasteiger partial charge in [-0.3, -0.25) is 4.79 Å². The van der Waals surface area contributed by atoms with Crippen LogP contribution in [0, 0.1) is 13.8 Å². The van der Waals surface area contributed by atoms with E-state index < -0.39 is 11.5 Å². The maximum absolute atomic E-state index is 12.3. The zero-order valence-corrected chi connectivity index (χ0v) is 12.3. The van der Waals surface area contributed by atoms with Crippen molar-refractivity contribution in [1.29, 1.82) is 0 Å². The Morgan fingerprint density at radius 2 is 1.77 bits per heavy atom. The fourth-order valence-electron chi connectivity index (χ4n) is 2.28. The number of amides is 1. The molecule has 0 atom stereocenters. The van der Waals surface area contributed by atoms with Crippen molar-refractivity contribution in [3.8, 4) is 0 Å². The van der Waals surface area contributed by atoms with Crippen molar-refractivity contribution < 1.29 is 9.21 Å². The molecule has 0 aliphatic carbocycles. The standard InChI is InChI=1S/C18H15NO3/c1-11-6-8-14(9-7-11)19-17(20)15-10-13-5-3-4-12(2)16(13)22-18(15)21/h3-10H,1-2H3,(H,19,20). The van der Waals surface area contributed by atoms with Gasteiger partial charge >= 0.3 is 5.63 Å². The molecule has 0 unspecified atom stereocenters. The van der Waals surface area contributed by atoms with E-state index >= 15 is 0 Å². The Kier molecular flexibility index (Phi) is 3.51. The number of rotatable bonds is 2. The van der Waals surface area contributed by atoms with E-state index in [1.165, 1.54) is 0 Å². The molecule has 0 aliphatic rings. The maximum atomic E-state index is 12.3. The fraction of sp³-hybridized carbons (Fsp3) is 0.111. The highest BCUT2D eigenvalue weighted by Crippen LogP contribution is 2.18. The van der Waals surface area contributed by atoms with Gasteiger partial charge in [0.25, 0.3) is 5.91 Å². The van der Waals surface area contributed by atoms with E-state index in [1.807, 2.05) is 44.2 Å². The molecule has 3 aromatic rings. The summed E-state index contributed by atoms with van der Waals surface area (Å²) in [6, 6.07) is 14.5. The molecule has 0 radical (unpaired) electrons. The van der Waals surface area contributed by atoms with Crippen molar-refractivity contribution in [2.75, 3.05) is 5.32 Å². The Hall–Kier alpha value is -2.88. The number of fused-ring (bicyclic) bond motifs is 1. The summed E-state index contributed by atoms with van der Waals surface area (Å²) >= 11 is 0. The predicted molar refractivity (Wildman–Crippen MR) is 86.4 cm³/mol. The minimum Gasteiger partial charge on any atom is -0.422 e. The van der Waals surface area contributed by atoms with E-state index in [0.717, 1.165) is 16.5 Å². The number of hydrogen-bond acceptors (Lipinski definition) is 3. The lowest BCUT2D eigenvalue weighted by Gasteiger charge is -2.06. The quantitative estimate of drug-likeness (QED) is 0.733. The van der Waals surface area contributed by atoms with Crippen LogP contribution >= 0.6 is 0 Å². The molecule has 4 nitrogen and oxygen atoms in total. The topological polar surface area (TPSA) is 59.3 Å². The minimum absolute atomic E-state index is 0.00123. The van der Waals surface area contributed by atoms with Crippen LogP contribution in [-0.4, -0.2) is 5.91 Å². The summed E-state index contributed by atoms with van der Waals surface area (Å²) in [4.78, 5) is 24.3. The van der Waals surface area contributed by atoms with E-state index in [-0.39, 0.29) is 5.56 Å². The first-order valence-corrected chi connectivity index (χ1v) is 6.96. The van der Waals surface area contributed by atoms with Gasteiger partial charge < -0.3 is 9.73 Å². The summed E-state index contributed by atoms with van der Waals surface area (Å²) in [6.45, 7) is 3.82. The second-order valence-corrected chi connectivity index (χ2v) is 5.26. The number of nitrogens with one attached hydrogen (secondary N) is 1. The number of anilines is 1. The Bertz CT molecular complexity index is 908. The molecule has 0 saturated heterocycles. The SMILES string of the molecule is Cc1ccc(NC(=O)c2cc3cccc(C)c3oc2=O)cc1. The highest BCUT2D eigenvalue weighted by molar-refractivity contribution is 6.05. The molecule has 110 valence electrons. The monoisotopic (exact) mass is 293 g/mol. The van der Waals surface area contributed by atoms with Crippen molar-refractivity contribution in [2.45, 2.75) is 13.8 Å². The van der Waals surface area contributed by atoms with Gasteiger partial charge in [0.05, 0.1) is 0 Å². The van der Waals surface area contributed by atoms with Gasteiger partial charge in [-0.2, -0.15) is 0 Å². The highest BCUT2D eigenvalue weighted by atomic mass is 16.4. The molecule has 0 spiro atoms. The van der Waals surface area contributed by atoms with Gasteiger partial charge in [0.2, 0.25) is 0 Å². The second-order valence-electron chi connectivity index (χ2n) is 5.26. The van der Waals surface area contributed by atoms with Gasteiger partial charge in [-0.25, -0.2) is 4.79 Å². The predicted octanol–water partition coefficient (Wildman–Crippen LogP) is 3.66. The zero-order chi connectivity index (χ0) is 15.7. The molecule has 3 rings (SSSR count). The third-order valence-electron chi connectivity index (χ3n) is 3.51. The third-order valence-corrected chi connectivity index (χ3v) is 3.51. The Balaban J connectivity index is 1.99. The summed E-state index contributed by atoms with van der Waals surface area (Å²) in [5, 5.41) is 3.44. The first kappa shape index (κ1) is 14.1. The molecule has 1 aromatic heterocycles. The zero-order valence-electron chi connectivity index (χ0n) is 12.3. The molecule has 0 saturated carbocycles. The number of aryl methyl sites for hydroxylation is 2. The highest BCUT2D eigenvalue weighted by Gasteiger charge is 2.14. The van der Waals surface area contributed by atoms with Crippen LogP contribution in [-0.2, 0) is 0 Å². The number of carbonyl (C=O) groups is 1. The van der Waals surface area contributed by atoms with Crippen LogP contribution in [0.2, 0.25) is 0 Å². The Morgan fingerprint density at radius 3 is 2.50 bits per heavy atom. The molecule has 1 heterocycles. The number of para-hydroxylation sites is 1. The second kappa shape index (κ2) is 5.48. The minimum atomic E-state index is -0.633. The third kappa shape index (κ3) is 2.63. The van der Waals surface area contributed by atoms with Crippen molar-refractivity contribution in [1.82, 2.24) is 0 Å². The average molecular weight is 293 g/mol. The molecule has 0 bridgehead atoms. The molecule has 22 heavy (non-hydrogen) atoms.